The SMILES string of the molecule is C=CNc1sc(NC(=O)N2CCN(C(=O)OC(C)(C)C)CC2)nc1C(=N)OC. The van der Waals surface area contributed by atoms with Gasteiger partial charge in [-0.1, -0.05) is 17.9 Å². The number of urea groups is 1. The second-order valence-corrected chi connectivity index (χ2v) is 7.96. The van der Waals surface area contributed by atoms with Crippen molar-refractivity contribution in [1.29, 1.82) is 5.41 Å². The number of hydrogen-bond donors (Lipinski definition) is 3. The van der Waals surface area contributed by atoms with Crippen LogP contribution in [-0.4, -0.2) is 71.7 Å². The second kappa shape index (κ2) is 8.91. The molecule has 0 atom stereocenters. The molecule has 0 bridgehead atoms. The van der Waals surface area contributed by atoms with Crippen molar-refractivity contribution in [2.24, 2.45) is 0 Å². The number of amides is 3. The van der Waals surface area contributed by atoms with E-state index < -0.39 is 5.60 Å². The van der Waals surface area contributed by atoms with Crippen LogP contribution >= 0.6 is 11.3 Å². The molecule has 1 aliphatic rings. The van der Waals surface area contributed by atoms with E-state index in [0.717, 1.165) is 0 Å². The average Bonchev–Trinajstić information content (AvgIpc) is 3.02. The smallest absolute Gasteiger partial charge is 0.410 e. The molecule has 0 spiro atoms. The molecule has 28 heavy (non-hydrogen) atoms. The third kappa shape index (κ3) is 5.59. The van der Waals surface area contributed by atoms with Crippen molar-refractivity contribution in [3.63, 3.8) is 0 Å². The van der Waals surface area contributed by atoms with E-state index in [1.54, 1.807) is 9.80 Å². The van der Waals surface area contributed by atoms with Crippen LogP contribution in [0.5, 0.6) is 0 Å². The van der Waals surface area contributed by atoms with E-state index in [-0.39, 0.29) is 23.7 Å². The number of nitrogens with one attached hydrogen (secondary N) is 3. The number of carbonyl (C=O) groups is 2. The molecule has 1 aromatic heterocycles. The van der Waals surface area contributed by atoms with E-state index in [4.69, 9.17) is 14.9 Å². The summed E-state index contributed by atoms with van der Waals surface area (Å²) in [6, 6.07) is -0.321. The van der Waals surface area contributed by atoms with Gasteiger partial charge in [-0.15, -0.1) is 0 Å². The fraction of sp³-hybridized carbons (Fsp3) is 0.529. The summed E-state index contributed by atoms with van der Waals surface area (Å²) in [5, 5.41) is 14.3. The zero-order valence-corrected chi connectivity index (χ0v) is 17.3. The van der Waals surface area contributed by atoms with Gasteiger partial charge in [-0.3, -0.25) is 10.7 Å². The second-order valence-electron chi connectivity index (χ2n) is 6.96. The van der Waals surface area contributed by atoms with Gasteiger partial charge in [-0.05, 0) is 27.0 Å². The van der Waals surface area contributed by atoms with Crippen LogP contribution in [0.2, 0.25) is 0 Å². The molecule has 0 aromatic carbocycles. The Labute approximate surface area is 168 Å². The highest BCUT2D eigenvalue weighted by Gasteiger charge is 2.28. The number of rotatable bonds is 4. The molecule has 154 valence electrons. The van der Waals surface area contributed by atoms with Gasteiger partial charge >= 0.3 is 12.1 Å². The van der Waals surface area contributed by atoms with E-state index >= 15 is 0 Å². The molecule has 10 nitrogen and oxygen atoms in total. The van der Waals surface area contributed by atoms with Crippen molar-refractivity contribution in [3.8, 4) is 0 Å². The van der Waals surface area contributed by atoms with Gasteiger partial charge in [0.2, 0.25) is 5.90 Å². The first-order valence-electron chi connectivity index (χ1n) is 8.69. The van der Waals surface area contributed by atoms with E-state index in [1.807, 2.05) is 20.8 Å². The monoisotopic (exact) mass is 410 g/mol. The molecule has 2 rings (SSSR count). The van der Waals surface area contributed by atoms with Gasteiger partial charge in [0.05, 0.1) is 7.11 Å². The van der Waals surface area contributed by atoms with Crippen molar-refractivity contribution in [2.75, 3.05) is 43.9 Å². The molecule has 1 aromatic rings. The summed E-state index contributed by atoms with van der Waals surface area (Å²) in [5.41, 5.74) is -0.265. The third-order valence-corrected chi connectivity index (χ3v) is 4.61. The summed E-state index contributed by atoms with van der Waals surface area (Å²) in [6.07, 6.45) is 1.08. The minimum absolute atomic E-state index is 0.118. The van der Waals surface area contributed by atoms with Gasteiger partial charge in [-0.2, -0.15) is 0 Å². The largest absolute Gasteiger partial charge is 0.480 e. The Hall–Kier alpha value is -2.82. The molecule has 1 fully saturated rings. The molecule has 11 heteroatoms. The zero-order chi connectivity index (χ0) is 20.9. The lowest BCUT2D eigenvalue weighted by atomic mass is 10.2. The van der Waals surface area contributed by atoms with Gasteiger partial charge in [0.25, 0.3) is 0 Å². The topological polar surface area (TPSA) is 120 Å². The Morgan fingerprint density at radius 3 is 2.39 bits per heavy atom. The normalized spacial score (nSPS) is 14.3. The first-order valence-corrected chi connectivity index (χ1v) is 9.51. The van der Waals surface area contributed by atoms with Crippen LogP contribution in [0.15, 0.2) is 12.8 Å². The van der Waals surface area contributed by atoms with Crippen molar-refractivity contribution < 1.29 is 19.1 Å². The molecule has 1 aliphatic heterocycles. The summed E-state index contributed by atoms with van der Waals surface area (Å²) < 4.78 is 10.3. The highest BCUT2D eigenvalue weighted by molar-refractivity contribution is 7.20. The van der Waals surface area contributed by atoms with Crippen LogP contribution in [0.4, 0.5) is 19.7 Å². The van der Waals surface area contributed by atoms with Gasteiger partial charge < -0.3 is 24.6 Å². The van der Waals surface area contributed by atoms with Crippen LogP contribution in [-0.2, 0) is 9.47 Å². The number of thiazole rings is 1. The van der Waals surface area contributed by atoms with Crippen molar-refractivity contribution in [2.45, 2.75) is 26.4 Å². The van der Waals surface area contributed by atoms with Gasteiger partial charge in [-0.25, -0.2) is 14.6 Å². The summed E-state index contributed by atoms with van der Waals surface area (Å²) in [4.78, 5) is 32.0. The Morgan fingerprint density at radius 1 is 1.25 bits per heavy atom. The number of methoxy groups -OCH3 is 1. The molecule has 0 saturated carbocycles. The quantitative estimate of drug-likeness (QED) is 0.519. The highest BCUT2D eigenvalue weighted by Crippen LogP contribution is 2.29. The molecular weight excluding hydrogens is 384 g/mol. The maximum Gasteiger partial charge on any atom is 0.410 e. The third-order valence-electron chi connectivity index (χ3n) is 3.71. The molecule has 2 heterocycles. The maximum atomic E-state index is 12.5. The number of carbonyl (C=O) groups excluding carboxylic acids is 2. The van der Waals surface area contributed by atoms with Crippen LogP contribution < -0.4 is 10.6 Å². The van der Waals surface area contributed by atoms with Crippen LogP contribution in [0.25, 0.3) is 0 Å². The van der Waals surface area contributed by atoms with Gasteiger partial charge in [0, 0.05) is 26.2 Å². The Kier molecular flexibility index (Phi) is 6.84. The Morgan fingerprint density at radius 2 is 1.86 bits per heavy atom. The number of nitrogens with zero attached hydrogens (tertiary/aromatic N) is 3. The standard InChI is InChI=1S/C17H26N6O4S/c1-6-19-13-11(12(18)26-5)20-14(28-13)21-15(24)22-7-9-23(10-8-22)16(25)27-17(2,3)4/h6,18-19H,1,7-10H2,2-5H3,(H,20,21,24). The van der Waals surface area contributed by atoms with E-state index in [2.05, 4.69) is 22.2 Å². The summed E-state index contributed by atoms with van der Waals surface area (Å²) in [5.74, 6) is -0.118. The molecule has 0 aliphatic carbocycles. The predicted molar refractivity (Wildman–Crippen MR) is 108 cm³/mol. The van der Waals surface area contributed by atoms with Gasteiger partial charge in [0.15, 0.2) is 10.8 Å². The first kappa shape index (κ1) is 21.5. The molecule has 0 radical (unpaired) electrons. The fourth-order valence-corrected chi connectivity index (χ4v) is 3.25. The van der Waals surface area contributed by atoms with Gasteiger partial charge in [0.1, 0.15) is 10.6 Å². The maximum absolute atomic E-state index is 12.5. The van der Waals surface area contributed by atoms with E-state index in [0.29, 0.717) is 36.3 Å². The molecule has 1 saturated heterocycles. The molecular formula is C17H26N6O4S. The minimum atomic E-state index is -0.554. The molecule has 0 unspecified atom stereocenters. The first-order chi connectivity index (χ1) is 13.1. The predicted octanol–water partition coefficient (Wildman–Crippen LogP) is 2.75. The lowest BCUT2D eigenvalue weighted by Gasteiger charge is -2.35. The number of hydrogen-bond acceptors (Lipinski definition) is 8. The molecule has 3 amide bonds. The summed E-state index contributed by atoms with van der Waals surface area (Å²) >= 11 is 1.17. The summed E-state index contributed by atoms with van der Waals surface area (Å²) in [6.45, 7) is 10.6. The Bertz CT molecular complexity index is 749. The number of ether oxygens (including phenoxy) is 2. The van der Waals surface area contributed by atoms with Crippen molar-refractivity contribution in [1.82, 2.24) is 14.8 Å². The number of anilines is 2. The zero-order valence-electron chi connectivity index (χ0n) is 16.5. The lowest BCUT2D eigenvalue weighted by molar-refractivity contribution is 0.0174. The lowest BCUT2D eigenvalue weighted by Crippen LogP contribution is -2.52. The average molecular weight is 411 g/mol. The highest BCUT2D eigenvalue weighted by atomic mass is 32.1. The number of piperazine rings is 1. The fourth-order valence-electron chi connectivity index (χ4n) is 2.40. The van der Waals surface area contributed by atoms with E-state index in [9.17, 15) is 9.59 Å². The van der Waals surface area contributed by atoms with Crippen LogP contribution in [0, 0.1) is 5.41 Å². The Balaban J connectivity index is 1.95. The number of aromatic nitrogens is 1. The summed E-state index contributed by atoms with van der Waals surface area (Å²) in [7, 11) is 1.38. The van der Waals surface area contributed by atoms with E-state index in [1.165, 1.54) is 24.6 Å². The molecule has 3 N–H and O–H groups in total. The van der Waals surface area contributed by atoms with Crippen LogP contribution in [0.3, 0.4) is 0 Å². The van der Waals surface area contributed by atoms with Crippen molar-refractivity contribution in [3.05, 3.63) is 18.5 Å². The van der Waals surface area contributed by atoms with Crippen molar-refractivity contribution >= 4 is 39.5 Å². The van der Waals surface area contributed by atoms with Crippen LogP contribution in [0.1, 0.15) is 26.5 Å². The minimum Gasteiger partial charge on any atom is -0.480 e.